The van der Waals surface area contributed by atoms with Crippen LogP contribution in [0.3, 0.4) is 0 Å². The van der Waals surface area contributed by atoms with Crippen molar-refractivity contribution >= 4 is 17.6 Å². The first kappa shape index (κ1) is 19.4. The van der Waals surface area contributed by atoms with Crippen LogP contribution in [0.15, 0.2) is 48.5 Å². The van der Waals surface area contributed by atoms with Crippen LogP contribution in [0, 0.1) is 12.7 Å². The molecule has 0 aliphatic heterocycles. The maximum absolute atomic E-state index is 12.8. The van der Waals surface area contributed by atoms with Gasteiger partial charge in [-0.1, -0.05) is 12.1 Å². The lowest BCUT2D eigenvalue weighted by molar-refractivity contribution is -0.153. The van der Waals surface area contributed by atoms with E-state index in [0.29, 0.717) is 18.7 Å². The molecule has 0 fully saturated rings. The Morgan fingerprint density at radius 1 is 1.15 bits per heavy atom. The van der Waals surface area contributed by atoms with Crippen molar-refractivity contribution < 1.29 is 23.5 Å². The molecule has 0 spiro atoms. The quantitative estimate of drug-likeness (QED) is 0.574. The van der Waals surface area contributed by atoms with Gasteiger partial charge in [0, 0.05) is 12.1 Å². The Bertz CT molecular complexity index is 746. The lowest BCUT2D eigenvalue weighted by atomic mass is 10.2. The second kappa shape index (κ2) is 9.56. The van der Waals surface area contributed by atoms with Crippen molar-refractivity contribution in [1.82, 2.24) is 0 Å². The van der Waals surface area contributed by atoms with Gasteiger partial charge in [-0.05, 0) is 62.2 Å². The summed E-state index contributed by atoms with van der Waals surface area (Å²) in [4.78, 5) is 23.8. The van der Waals surface area contributed by atoms with Gasteiger partial charge in [-0.2, -0.15) is 0 Å². The van der Waals surface area contributed by atoms with Gasteiger partial charge in [-0.15, -0.1) is 0 Å². The van der Waals surface area contributed by atoms with Gasteiger partial charge < -0.3 is 14.8 Å². The Kier molecular flexibility index (Phi) is 7.14. The van der Waals surface area contributed by atoms with Crippen molar-refractivity contribution in [2.24, 2.45) is 0 Å². The molecular formula is C20H22FNO4. The van der Waals surface area contributed by atoms with Crippen molar-refractivity contribution in [3.8, 4) is 5.75 Å². The third-order valence-electron chi connectivity index (χ3n) is 3.57. The van der Waals surface area contributed by atoms with Crippen LogP contribution >= 0.6 is 0 Å². The fourth-order valence-electron chi connectivity index (χ4n) is 2.20. The zero-order chi connectivity index (χ0) is 18.9. The molecule has 0 aliphatic rings. The van der Waals surface area contributed by atoms with E-state index >= 15 is 0 Å². The van der Waals surface area contributed by atoms with Crippen LogP contribution in [0.5, 0.6) is 5.75 Å². The van der Waals surface area contributed by atoms with Crippen molar-refractivity contribution in [3.05, 3.63) is 59.9 Å². The molecule has 0 saturated heterocycles. The third kappa shape index (κ3) is 6.55. The van der Waals surface area contributed by atoms with Gasteiger partial charge >= 0.3 is 5.97 Å². The van der Waals surface area contributed by atoms with Gasteiger partial charge in [-0.3, -0.25) is 9.59 Å². The minimum Gasteiger partial charge on any atom is -0.494 e. The second-order valence-corrected chi connectivity index (χ2v) is 5.90. The molecule has 0 saturated carbocycles. The highest BCUT2D eigenvalue weighted by Crippen LogP contribution is 2.13. The highest BCUT2D eigenvalue weighted by molar-refractivity contribution is 5.95. The fourth-order valence-corrected chi connectivity index (χ4v) is 2.20. The normalized spacial score (nSPS) is 11.5. The molecule has 1 N–H and O–H groups in total. The molecule has 5 nitrogen and oxygen atoms in total. The van der Waals surface area contributed by atoms with E-state index in [4.69, 9.17) is 9.47 Å². The largest absolute Gasteiger partial charge is 0.494 e. The molecule has 0 aromatic heterocycles. The van der Waals surface area contributed by atoms with Crippen LogP contribution in [-0.4, -0.2) is 24.6 Å². The van der Waals surface area contributed by atoms with Gasteiger partial charge in [0.15, 0.2) is 6.10 Å². The number of halogens is 1. The van der Waals surface area contributed by atoms with Crippen LogP contribution in [0.2, 0.25) is 0 Å². The van der Waals surface area contributed by atoms with Crippen molar-refractivity contribution in [2.45, 2.75) is 32.8 Å². The van der Waals surface area contributed by atoms with Gasteiger partial charge in [0.25, 0.3) is 5.91 Å². The Labute approximate surface area is 152 Å². The molecule has 138 valence electrons. The molecule has 6 heteroatoms. The minimum absolute atomic E-state index is 0.153. The maximum atomic E-state index is 12.8. The van der Waals surface area contributed by atoms with E-state index in [1.807, 2.05) is 31.2 Å². The van der Waals surface area contributed by atoms with Crippen molar-refractivity contribution in [1.29, 1.82) is 0 Å². The average Bonchev–Trinajstić information content (AvgIpc) is 2.60. The van der Waals surface area contributed by atoms with Gasteiger partial charge in [0.05, 0.1) is 6.61 Å². The number of hydrogen-bond donors (Lipinski definition) is 1. The number of ether oxygens (including phenoxy) is 2. The molecule has 2 aromatic carbocycles. The highest BCUT2D eigenvalue weighted by atomic mass is 19.1. The zero-order valence-electron chi connectivity index (χ0n) is 14.8. The smallest absolute Gasteiger partial charge is 0.306 e. The monoisotopic (exact) mass is 359 g/mol. The molecule has 0 heterocycles. The van der Waals surface area contributed by atoms with E-state index in [1.165, 1.54) is 31.2 Å². The van der Waals surface area contributed by atoms with Crippen LogP contribution < -0.4 is 10.1 Å². The number of amides is 1. The number of rotatable bonds is 8. The van der Waals surface area contributed by atoms with Gasteiger partial charge in [0.1, 0.15) is 11.6 Å². The third-order valence-corrected chi connectivity index (χ3v) is 3.57. The van der Waals surface area contributed by atoms with E-state index in [2.05, 4.69) is 5.32 Å². The first-order chi connectivity index (χ1) is 12.4. The van der Waals surface area contributed by atoms with Crippen LogP contribution in [0.4, 0.5) is 10.1 Å². The molecule has 26 heavy (non-hydrogen) atoms. The summed E-state index contributed by atoms with van der Waals surface area (Å²) >= 11 is 0. The molecule has 0 radical (unpaired) electrons. The summed E-state index contributed by atoms with van der Waals surface area (Å²) < 4.78 is 23.5. The fraction of sp³-hybridized carbons (Fsp3) is 0.300. The number of carbonyl (C=O) groups is 2. The summed E-state index contributed by atoms with van der Waals surface area (Å²) in [6.45, 7) is 3.84. The van der Waals surface area contributed by atoms with E-state index in [-0.39, 0.29) is 6.42 Å². The zero-order valence-corrected chi connectivity index (χ0v) is 14.8. The highest BCUT2D eigenvalue weighted by Gasteiger charge is 2.17. The molecular weight excluding hydrogens is 337 g/mol. The number of hydrogen-bond acceptors (Lipinski definition) is 4. The number of carbonyl (C=O) groups excluding carboxylic acids is 2. The molecule has 2 rings (SSSR count). The van der Waals surface area contributed by atoms with Crippen molar-refractivity contribution in [2.75, 3.05) is 11.9 Å². The Hall–Kier alpha value is -2.89. The Morgan fingerprint density at radius 3 is 2.58 bits per heavy atom. The first-order valence-electron chi connectivity index (χ1n) is 8.39. The summed E-state index contributed by atoms with van der Waals surface area (Å²) in [5.74, 6) is -0.582. The number of anilines is 1. The Balaban J connectivity index is 1.67. The van der Waals surface area contributed by atoms with E-state index < -0.39 is 23.8 Å². The van der Waals surface area contributed by atoms with Gasteiger partial charge in [-0.25, -0.2) is 4.39 Å². The molecule has 1 amide bonds. The molecule has 2 aromatic rings. The first-order valence-corrected chi connectivity index (χ1v) is 8.39. The average molecular weight is 359 g/mol. The lowest BCUT2D eigenvalue weighted by Gasteiger charge is -2.13. The number of nitrogens with one attached hydrogen (secondary N) is 1. The molecule has 0 aliphatic carbocycles. The topological polar surface area (TPSA) is 64.6 Å². The van der Waals surface area contributed by atoms with Crippen LogP contribution in [-0.2, 0) is 14.3 Å². The number of benzene rings is 2. The van der Waals surface area contributed by atoms with E-state index in [9.17, 15) is 14.0 Å². The maximum Gasteiger partial charge on any atom is 0.306 e. The standard InChI is InChI=1S/C20H22FNO4/c1-14-5-3-6-18(13-14)25-12-4-7-19(23)26-15(2)20(24)22-17-10-8-16(21)9-11-17/h3,5-6,8-11,13,15H,4,7,12H2,1-2H3,(H,22,24)/t15-/m1/s1. The molecule has 0 unspecified atom stereocenters. The lowest BCUT2D eigenvalue weighted by Crippen LogP contribution is -2.30. The molecule has 0 bridgehead atoms. The van der Waals surface area contributed by atoms with Crippen LogP contribution in [0.1, 0.15) is 25.3 Å². The Morgan fingerprint density at radius 2 is 1.88 bits per heavy atom. The minimum atomic E-state index is -0.940. The van der Waals surface area contributed by atoms with Crippen molar-refractivity contribution in [3.63, 3.8) is 0 Å². The summed E-state index contributed by atoms with van der Waals surface area (Å²) in [5.41, 5.74) is 1.54. The number of aryl methyl sites for hydroxylation is 1. The predicted octanol–water partition coefficient (Wildman–Crippen LogP) is 3.86. The van der Waals surface area contributed by atoms with Gasteiger partial charge in [0.2, 0.25) is 0 Å². The molecule has 1 atom stereocenters. The number of esters is 1. The summed E-state index contributed by atoms with van der Waals surface area (Å²) in [6.07, 6.45) is -0.302. The van der Waals surface area contributed by atoms with E-state index in [0.717, 1.165) is 11.3 Å². The second-order valence-electron chi connectivity index (χ2n) is 5.90. The van der Waals surface area contributed by atoms with Crippen LogP contribution in [0.25, 0.3) is 0 Å². The summed E-state index contributed by atoms with van der Waals surface area (Å²) in [5, 5.41) is 2.56. The SMILES string of the molecule is Cc1cccc(OCCCC(=O)O[C@H](C)C(=O)Nc2ccc(F)cc2)c1. The summed E-state index contributed by atoms with van der Waals surface area (Å²) in [6, 6.07) is 13.0. The van der Waals surface area contributed by atoms with E-state index in [1.54, 1.807) is 0 Å². The summed E-state index contributed by atoms with van der Waals surface area (Å²) in [7, 11) is 0. The predicted molar refractivity (Wildman–Crippen MR) is 96.5 cm³/mol.